The van der Waals surface area contributed by atoms with Gasteiger partial charge >= 0.3 is 5.97 Å². The number of ketones is 2. The molecule has 0 heterocycles. The van der Waals surface area contributed by atoms with Gasteiger partial charge in [0.25, 0.3) is 0 Å². The van der Waals surface area contributed by atoms with E-state index in [0.29, 0.717) is 22.6 Å². The Morgan fingerprint density at radius 1 is 0.844 bits per heavy atom. The summed E-state index contributed by atoms with van der Waals surface area (Å²) in [7, 11) is 1.52. The highest BCUT2D eigenvalue weighted by molar-refractivity contribution is 6.01. The monoisotopic (exact) mass is 435 g/mol. The Morgan fingerprint density at radius 2 is 1.47 bits per heavy atom. The molecule has 3 aromatic carbocycles. The van der Waals surface area contributed by atoms with Crippen molar-refractivity contribution < 1.29 is 28.2 Å². The van der Waals surface area contributed by atoms with E-state index in [0.717, 1.165) is 0 Å². The second-order valence-electron chi connectivity index (χ2n) is 6.96. The highest BCUT2D eigenvalue weighted by Crippen LogP contribution is 2.16. The van der Waals surface area contributed by atoms with Crippen molar-refractivity contribution in [2.45, 2.75) is 12.5 Å². The van der Waals surface area contributed by atoms with Crippen molar-refractivity contribution in [2.75, 3.05) is 19.0 Å². The van der Waals surface area contributed by atoms with Crippen LogP contribution in [0.5, 0.6) is 5.75 Å². The molecule has 0 aromatic heterocycles. The molecule has 0 saturated heterocycles. The zero-order valence-corrected chi connectivity index (χ0v) is 17.4. The first-order chi connectivity index (χ1) is 15.5. The van der Waals surface area contributed by atoms with Crippen LogP contribution in [0.2, 0.25) is 0 Å². The molecule has 32 heavy (non-hydrogen) atoms. The van der Waals surface area contributed by atoms with Crippen molar-refractivity contribution in [3.8, 4) is 5.75 Å². The number of ether oxygens (including phenoxy) is 2. The number of methoxy groups -OCH3 is 1. The minimum atomic E-state index is -1.06. The number of carbonyl (C=O) groups excluding carboxylic acids is 3. The third kappa shape index (κ3) is 6.25. The summed E-state index contributed by atoms with van der Waals surface area (Å²) in [5, 5.41) is 2.90. The van der Waals surface area contributed by atoms with Crippen LogP contribution in [0.1, 0.15) is 27.1 Å². The molecule has 0 radical (unpaired) electrons. The Labute approximate surface area is 185 Å². The van der Waals surface area contributed by atoms with Crippen LogP contribution in [0.4, 0.5) is 10.1 Å². The highest BCUT2D eigenvalue weighted by Gasteiger charge is 2.25. The van der Waals surface area contributed by atoms with Gasteiger partial charge in [0.2, 0.25) is 0 Å². The number of benzene rings is 3. The number of hydrogen-bond acceptors (Lipinski definition) is 6. The van der Waals surface area contributed by atoms with Crippen LogP contribution >= 0.6 is 0 Å². The molecule has 6 nitrogen and oxygen atoms in total. The van der Waals surface area contributed by atoms with Crippen LogP contribution in [0, 0.1) is 5.82 Å². The Hall–Kier alpha value is -4.00. The lowest BCUT2D eigenvalue weighted by atomic mass is 10.0. The molecule has 0 unspecified atom stereocenters. The molecule has 3 aromatic rings. The number of Topliss-reactive ketones (excluding diaryl/α,β-unsaturated/α-hetero) is 2. The number of anilines is 1. The van der Waals surface area contributed by atoms with Gasteiger partial charge in [-0.05, 0) is 48.5 Å². The van der Waals surface area contributed by atoms with Crippen molar-refractivity contribution in [3.63, 3.8) is 0 Å². The van der Waals surface area contributed by atoms with Crippen LogP contribution in [-0.2, 0) is 9.53 Å². The Bertz CT molecular complexity index is 1070. The number of hydrogen-bond donors (Lipinski definition) is 1. The predicted molar refractivity (Wildman–Crippen MR) is 117 cm³/mol. The highest BCUT2D eigenvalue weighted by atomic mass is 19.1. The number of carbonyl (C=O) groups is 3. The van der Waals surface area contributed by atoms with Gasteiger partial charge in [-0.2, -0.15) is 0 Å². The van der Waals surface area contributed by atoms with Crippen molar-refractivity contribution in [2.24, 2.45) is 0 Å². The second kappa shape index (κ2) is 10.9. The first-order valence-corrected chi connectivity index (χ1v) is 9.90. The predicted octanol–water partition coefficient (Wildman–Crippen LogP) is 4.31. The number of halogens is 1. The van der Waals surface area contributed by atoms with Crippen molar-refractivity contribution in [1.82, 2.24) is 0 Å². The van der Waals surface area contributed by atoms with Gasteiger partial charge in [-0.25, -0.2) is 9.18 Å². The molecule has 0 saturated carbocycles. The van der Waals surface area contributed by atoms with Gasteiger partial charge in [0.1, 0.15) is 17.6 Å². The van der Waals surface area contributed by atoms with Crippen LogP contribution in [-0.4, -0.2) is 37.3 Å². The summed E-state index contributed by atoms with van der Waals surface area (Å²) >= 11 is 0. The van der Waals surface area contributed by atoms with E-state index < -0.39 is 30.2 Å². The third-order valence-corrected chi connectivity index (χ3v) is 4.71. The zero-order chi connectivity index (χ0) is 22.9. The standard InChI is InChI=1S/C25H22FNO5/c1-31-21-13-7-18(8-14-21)24(29)16-32-25(30)22(27-20-11-9-19(26)10-12-20)15-23(28)17-5-3-2-4-6-17/h2-14,22,27H,15-16H2,1H3/t22-/m1/s1. The van der Waals surface area contributed by atoms with E-state index in [1.807, 2.05) is 0 Å². The average Bonchev–Trinajstić information content (AvgIpc) is 2.83. The fourth-order valence-corrected chi connectivity index (χ4v) is 2.97. The van der Waals surface area contributed by atoms with Gasteiger partial charge in [-0.3, -0.25) is 9.59 Å². The topological polar surface area (TPSA) is 81.7 Å². The van der Waals surface area contributed by atoms with E-state index in [2.05, 4.69) is 5.32 Å². The van der Waals surface area contributed by atoms with Gasteiger partial charge in [-0.15, -0.1) is 0 Å². The molecule has 0 bridgehead atoms. The van der Waals surface area contributed by atoms with Gasteiger partial charge in [0, 0.05) is 23.2 Å². The van der Waals surface area contributed by atoms with Crippen LogP contribution in [0.3, 0.4) is 0 Å². The first-order valence-electron chi connectivity index (χ1n) is 9.90. The lowest BCUT2D eigenvalue weighted by molar-refractivity contribution is -0.143. The van der Waals surface area contributed by atoms with E-state index in [-0.39, 0.29) is 12.2 Å². The summed E-state index contributed by atoms with van der Waals surface area (Å²) < 4.78 is 23.5. The first kappa shape index (κ1) is 22.7. The minimum Gasteiger partial charge on any atom is -0.497 e. The van der Waals surface area contributed by atoms with Crippen molar-refractivity contribution >= 4 is 23.2 Å². The molecule has 0 aliphatic rings. The molecule has 0 aliphatic heterocycles. The van der Waals surface area contributed by atoms with E-state index in [9.17, 15) is 18.8 Å². The lowest BCUT2D eigenvalue weighted by Crippen LogP contribution is -2.34. The molecule has 0 amide bonds. The molecular weight excluding hydrogens is 413 g/mol. The lowest BCUT2D eigenvalue weighted by Gasteiger charge is -2.18. The van der Waals surface area contributed by atoms with Gasteiger partial charge < -0.3 is 14.8 Å². The zero-order valence-electron chi connectivity index (χ0n) is 17.4. The molecule has 1 atom stereocenters. The summed E-state index contributed by atoms with van der Waals surface area (Å²) in [5.74, 6) is -1.26. The number of rotatable bonds is 10. The van der Waals surface area contributed by atoms with Crippen LogP contribution in [0.15, 0.2) is 78.9 Å². The number of esters is 1. The maximum atomic E-state index is 13.2. The molecular formula is C25H22FNO5. The smallest absolute Gasteiger partial charge is 0.329 e. The summed E-state index contributed by atoms with van der Waals surface area (Å²) in [6.07, 6.45) is -0.197. The van der Waals surface area contributed by atoms with Gasteiger partial charge in [0.15, 0.2) is 18.2 Å². The van der Waals surface area contributed by atoms with Crippen LogP contribution in [0.25, 0.3) is 0 Å². The molecule has 0 spiro atoms. The SMILES string of the molecule is COc1ccc(C(=O)COC(=O)[C@@H](CC(=O)c2ccccc2)Nc2ccc(F)cc2)cc1. The van der Waals surface area contributed by atoms with E-state index in [4.69, 9.17) is 9.47 Å². The summed E-state index contributed by atoms with van der Waals surface area (Å²) in [6.45, 7) is -0.480. The Kier molecular flexibility index (Phi) is 7.70. The fraction of sp³-hybridized carbons (Fsp3) is 0.160. The third-order valence-electron chi connectivity index (χ3n) is 4.71. The van der Waals surface area contributed by atoms with Crippen LogP contribution < -0.4 is 10.1 Å². The van der Waals surface area contributed by atoms with Crippen molar-refractivity contribution in [1.29, 1.82) is 0 Å². The fourth-order valence-electron chi connectivity index (χ4n) is 2.97. The summed E-state index contributed by atoms with van der Waals surface area (Å²) in [4.78, 5) is 37.7. The van der Waals surface area contributed by atoms with Crippen molar-refractivity contribution in [3.05, 3.63) is 95.8 Å². The Morgan fingerprint density at radius 3 is 2.09 bits per heavy atom. The minimum absolute atomic E-state index is 0.197. The molecule has 7 heteroatoms. The molecule has 164 valence electrons. The molecule has 3 rings (SSSR count). The van der Waals surface area contributed by atoms with E-state index >= 15 is 0 Å². The Balaban J connectivity index is 1.69. The largest absolute Gasteiger partial charge is 0.497 e. The normalized spacial score (nSPS) is 11.3. The molecule has 0 aliphatic carbocycles. The molecule has 1 N–H and O–H groups in total. The molecule has 0 fully saturated rings. The average molecular weight is 435 g/mol. The summed E-state index contributed by atoms with van der Waals surface area (Å²) in [6, 6.07) is 19.2. The van der Waals surface area contributed by atoms with E-state index in [1.54, 1.807) is 54.6 Å². The number of nitrogens with one attached hydrogen (secondary N) is 1. The second-order valence-corrected chi connectivity index (χ2v) is 6.96. The van der Waals surface area contributed by atoms with E-state index in [1.165, 1.54) is 31.4 Å². The maximum absolute atomic E-state index is 13.2. The summed E-state index contributed by atoms with van der Waals surface area (Å²) in [5.41, 5.74) is 1.25. The maximum Gasteiger partial charge on any atom is 0.329 e. The van der Waals surface area contributed by atoms with Gasteiger partial charge in [0.05, 0.1) is 7.11 Å². The quantitative estimate of drug-likeness (QED) is 0.377. The van der Waals surface area contributed by atoms with Gasteiger partial charge in [-0.1, -0.05) is 30.3 Å².